The van der Waals surface area contributed by atoms with Crippen LogP contribution in [0.3, 0.4) is 0 Å². The average Bonchev–Trinajstić information content (AvgIpc) is 2.91. The largest absolute Gasteiger partial charge is 0.355 e. The first kappa shape index (κ1) is 28.9. The maximum absolute atomic E-state index is 13.7. The highest BCUT2D eigenvalue weighted by Gasteiger charge is 2.28. The predicted molar refractivity (Wildman–Crippen MR) is 151 cm³/mol. The standard InChI is InChI=1S/C29H36ClN3O3S/c1-23(24-11-5-4-6-12-24)21-33(22-29(34)32-20-10-3-2-9-19-31)37(35,36)26-17-15-25(16-18-26)27-13-7-8-14-28(27)30/h4-8,11-18,23H,2-3,9-10,19-22,31H2,1H3,(H,32,34). The van der Waals surface area contributed by atoms with Crippen LogP contribution < -0.4 is 11.1 Å². The Bertz CT molecular complexity index is 1230. The zero-order valence-electron chi connectivity index (χ0n) is 21.3. The second-order valence-electron chi connectivity index (χ2n) is 9.17. The van der Waals surface area contributed by atoms with Gasteiger partial charge in [0.2, 0.25) is 15.9 Å². The number of carbonyl (C=O) groups is 1. The summed E-state index contributed by atoms with van der Waals surface area (Å²) < 4.78 is 28.7. The zero-order valence-corrected chi connectivity index (χ0v) is 22.8. The zero-order chi connectivity index (χ0) is 26.7. The summed E-state index contributed by atoms with van der Waals surface area (Å²) in [4.78, 5) is 12.9. The summed E-state index contributed by atoms with van der Waals surface area (Å²) in [7, 11) is -3.93. The van der Waals surface area contributed by atoms with Crippen molar-refractivity contribution >= 4 is 27.5 Å². The second kappa shape index (κ2) is 14.3. The lowest BCUT2D eigenvalue weighted by atomic mass is 10.0. The van der Waals surface area contributed by atoms with Crippen LogP contribution in [0.1, 0.15) is 44.1 Å². The minimum atomic E-state index is -3.93. The van der Waals surface area contributed by atoms with Gasteiger partial charge in [0.1, 0.15) is 0 Å². The molecule has 0 fully saturated rings. The molecular weight excluding hydrogens is 506 g/mol. The average molecular weight is 542 g/mol. The van der Waals surface area contributed by atoms with Gasteiger partial charge >= 0.3 is 0 Å². The monoisotopic (exact) mass is 541 g/mol. The van der Waals surface area contributed by atoms with Crippen molar-refractivity contribution in [2.45, 2.75) is 43.4 Å². The van der Waals surface area contributed by atoms with Crippen molar-refractivity contribution in [1.29, 1.82) is 0 Å². The summed E-state index contributed by atoms with van der Waals surface area (Å²) in [5.41, 5.74) is 8.18. The minimum absolute atomic E-state index is 0.0950. The third kappa shape index (κ3) is 8.40. The predicted octanol–water partition coefficient (Wildman–Crippen LogP) is 5.44. The van der Waals surface area contributed by atoms with Crippen molar-refractivity contribution < 1.29 is 13.2 Å². The molecule has 0 spiro atoms. The van der Waals surface area contributed by atoms with Gasteiger partial charge < -0.3 is 11.1 Å². The first-order valence-corrected chi connectivity index (χ1v) is 14.5. The molecule has 37 heavy (non-hydrogen) atoms. The summed E-state index contributed by atoms with van der Waals surface area (Å²) in [5.74, 6) is -0.405. The molecule has 0 radical (unpaired) electrons. The summed E-state index contributed by atoms with van der Waals surface area (Å²) in [6.45, 7) is 3.08. The van der Waals surface area contributed by atoms with Crippen LogP contribution in [0.15, 0.2) is 83.8 Å². The Morgan fingerprint density at radius 3 is 2.24 bits per heavy atom. The molecule has 6 nitrogen and oxygen atoms in total. The fraction of sp³-hybridized carbons (Fsp3) is 0.345. The van der Waals surface area contributed by atoms with E-state index in [-0.39, 0.29) is 29.8 Å². The lowest BCUT2D eigenvalue weighted by Gasteiger charge is -2.25. The number of hydrogen-bond donors (Lipinski definition) is 2. The van der Waals surface area contributed by atoms with E-state index in [0.717, 1.165) is 42.4 Å². The van der Waals surface area contributed by atoms with Crippen molar-refractivity contribution in [2.24, 2.45) is 5.73 Å². The molecule has 3 aromatic rings. The number of sulfonamides is 1. The SMILES string of the molecule is CC(CN(CC(=O)NCCCCCCN)S(=O)(=O)c1ccc(-c2ccccc2Cl)cc1)c1ccccc1. The van der Waals surface area contributed by atoms with Crippen molar-refractivity contribution in [3.05, 3.63) is 89.4 Å². The van der Waals surface area contributed by atoms with Crippen LogP contribution in [0.4, 0.5) is 0 Å². The Hall–Kier alpha value is -2.71. The molecule has 3 aromatic carbocycles. The number of nitrogens with zero attached hydrogens (tertiary/aromatic N) is 1. The quantitative estimate of drug-likeness (QED) is 0.266. The van der Waals surface area contributed by atoms with Gasteiger partial charge in [-0.2, -0.15) is 4.31 Å². The van der Waals surface area contributed by atoms with Gasteiger partial charge in [-0.25, -0.2) is 8.42 Å². The Labute approximate surface area is 225 Å². The van der Waals surface area contributed by atoms with Crippen LogP contribution in [0.2, 0.25) is 5.02 Å². The van der Waals surface area contributed by atoms with Crippen molar-refractivity contribution in [3.63, 3.8) is 0 Å². The number of halogens is 1. The van der Waals surface area contributed by atoms with E-state index in [9.17, 15) is 13.2 Å². The van der Waals surface area contributed by atoms with Gasteiger partial charge in [0, 0.05) is 23.7 Å². The van der Waals surface area contributed by atoms with Crippen molar-refractivity contribution in [1.82, 2.24) is 9.62 Å². The lowest BCUT2D eigenvalue weighted by molar-refractivity contribution is -0.121. The maximum Gasteiger partial charge on any atom is 0.243 e. The van der Waals surface area contributed by atoms with E-state index in [1.54, 1.807) is 30.3 Å². The molecule has 0 saturated carbocycles. The van der Waals surface area contributed by atoms with Crippen LogP contribution in [-0.4, -0.2) is 44.8 Å². The first-order chi connectivity index (χ1) is 17.8. The molecule has 0 aliphatic rings. The fourth-order valence-corrected chi connectivity index (χ4v) is 5.89. The van der Waals surface area contributed by atoms with Gasteiger partial charge in [0.25, 0.3) is 0 Å². The summed E-state index contributed by atoms with van der Waals surface area (Å²) >= 11 is 6.31. The minimum Gasteiger partial charge on any atom is -0.355 e. The molecule has 1 amide bonds. The molecule has 0 bridgehead atoms. The molecule has 1 atom stereocenters. The van der Waals surface area contributed by atoms with Gasteiger partial charge in [-0.1, -0.05) is 92.0 Å². The van der Waals surface area contributed by atoms with Gasteiger partial charge in [-0.05, 0) is 54.6 Å². The van der Waals surface area contributed by atoms with E-state index < -0.39 is 10.0 Å². The Kier molecular flexibility index (Phi) is 11.1. The van der Waals surface area contributed by atoms with Crippen molar-refractivity contribution in [2.75, 3.05) is 26.2 Å². The molecule has 3 N–H and O–H groups in total. The molecule has 1 unspecified atom stereocenters. The molecule has 8 heteroatoms. The van der Waals surface area contributed by atoms with Crippen molar-refractivity contribution in [3.8, 4) is 11.1 Å². The topological polar surface area (TPSA) is 92.5 Å². The van der Waals surface area contributed by atoms with E-state index in [2.05, 4.69) is 5.32 Å². The van der Waals surface area contributed by atoms with Crippen LogP contribution in [0.5, 0.6) is 0 Å². The van der Waals surface area contributed by atoms with Gasteiger partial charge in [-0.15, -0.1) is 0 Å². The summed E-state index contributed by atoms with van der Waals surface area (Å²) in [6.07, 6.45) is 3.79. The Balaban J connectivity index is 1.77. The highest BCUT2D eigenvalue weighted by molar-refractivity contribution is 7.89. The fourth-order valence-electron chi connectivity index (χ4n) is 4.16. The number of rotatable bonds is 14. The Morgan fingerprint density at radius 1 is 0.919 bits per heavy atom. The van der Waals surface area contributed by atoms with Crippen LogP contribution >= 0.6 is 11.6 Å². The molecule has 0 aliphatic heterocycles. The highest BCUT2D eigenvalue weighted by Crippen LogP contribution is 2.29. The third-order valence-electron chi connectivity index (χ3n) is 6.30. The molecule has 0 aromatic heterocycles. The second-order valence-corrected chi connectivity index (χ2v) is 11.5. The number of carbonyl (C=O) groups excluding carboxylic acids is 1. The van der Waals surface area contributed by atoms with Gasteiger partial charge in [0.05, 0.1) is 11.4 Å². The number of nitrogens with one attached hydrogen (secondary N) is 1. The number of amides is 1. The maximum atomic E-state index is 13.7. The van der Waals surface area contributed by atoms with Crippen LogP contribution in [0.25, 0.3) is 11.1 Å². The molecule has 3 rings (SSSR count). The normalized spacial score (nSPS) is 12.4. The van der Waals surface area contributed by atoms with E-state index in [4.69, 9.17) is 17.3 Å². The van der Waals surface area contributed by atoms with Gasteiger partial charge in [0.15, 0.2) is 0 Å². The number of unbranched alkanes of at least 4 members (excludes halogenated alkanes) is 3. The molecule has 0 heterocycles. The van der Waals surface area contributed by atoms with E-state index in [1.807, 2.05) is 55.5 Å². The first-order valence-electron chi connectivity index (χ1n) is 12.7. The number of hydrogen-bond acceptors (Lipinski definition) is 4. The third-order valence-corrected chi connectivity index (χ3v) is 8.45. The number of nitrogens with two attached hydrogens (primary N) is 1. The molecule has 0 saturated heterocycles. The van der Waals surface area contributed by atoms with E-state index in [1.165, 1.54) is 4.31 Å². The lowest BCUT2D eigenvalue weighted by Crippen LogP contribution is -2.42. The van der Waals surface area contributed by atoms with E-state index >= 15 is 0 Å². The molecule has 0 aliphatic carbocycles. The highest BCUT2D eigenvalue weighted by atomic mass is 35.5. The smallest absolute Gasteiger partial charge is 0.243 e. The summed E-state index contributed by atoms with van der Waals surface area (Å²) in [5, 5.41) is 3.47. The number of benzene rings is 3. The molecular formula is C29H36ClN3O3S. The van der Waals surface area contributed by atoms with Crippen LogP contribution in [-0.2, 0) is 14.8 Å². The Morgan fingerprint density at radius 2 is 1.57 bits per heavy atom. The molecule has 198 valence electrons. The van der Waals surface area contributed by atoms with Crippen LogP contribution in [0, 0.1) is 0 Å². The summed E-state index contributed by atoms with van der Waals surface area (Å²) in [6, 6.07) is 23.8. The van der Waals surface area contributed by atoms with Gasteiger partial charge in [-0.3, -0.25) is 4.79 Å². The van der Waals surface area contributed by atoms with E-state index in [0.29, 0.717) is 18.1 Å².